The first-order valence-electron chi connectivity index (χ1n) is 12.7. The number of fused-ring (bicyclic) bond motifs is 1. The molecule has 2 aromatic carbocycles. The molecule has 0 unspecified atom stereocenters. The molecule has 2 aliphatic carbocycles. The third-order valence-electron chi connectivity index (χ3n) is 8.33. The van der Waals surface area contributed by atoms with Crippen molar-refractivity contribution in [1.29, 1.82) is 0 Å². The summed E-state index contributed by atoms with van der Waals surface area (Å²) >= 11 is 0. The summed E-state index contributed by atoms with van der Waals surface area (Å²) in [4.78, 5) is 27.6. The van der Waals surface area contributed by atoms with Gasteiger partial charge in [-0.25, -0.2) is 0 Å². The summed E-state index contributed by atoms with van der Waals surface area (Å²) < 4.78 is 0. The van der Waals surface area contributed by atoms with Crippen LogP contribution in [0, 0.1) is 11.3 Å². The fraction of sp³-hybridized carbons (Fsp3) is 0.464. The molecular formula is C28H32N4O2. The minimum atomic E-state index is 0.0148. The Labute approximate surface area is 200 Å². The summed E-state index contributed by atoms with van der Waals surface area (Å²) in [5.41, 5.74) is 3.87. The van der Waals surface area contributed by atoms with Gasteiger partial charge in [0.05, 0.1) is 5.52 Å². The van der Waals surface area contributed by atoms with Crippen molar-refractivity contribution in [2.24, 2.45) is 11.3 Å². The average Bonchev–Trinajstić information content (AvgIpc) is 3.53. The molecule has 0 radical (unpaired) electrons. The summed E-state index contributed by atoms with van der Waals surface area (Å²) in [6.45, 7) is 1.59. The first-order valence-corrected chi connectivity index (χ1v) is 12.7. The van der Waals surface area contributed by atoms with E-state index in [0.717, 1.165) is 73.6 Å². The van der Waals surface area contributed by atoms with Crippen LogP contribution < -0.4 is 5.32 Å². The maximum atomic E-state index is 13.2. The molecule has 3 aromatic rings. The maximum absolute atomic E-state index is 13.2. The number of nitrogens with zero attached hydrogens (tertiary/aromatic N) is 2. The normalized spacial score (nSPS) is 20.5. The maximum Gasteiger partial charge on any atom is 0.275 e. The van der Waals surface area contributed by atoms with Crippen molar-refractivity contribution in [2.45, 2.75) is 57.4 Å². The standard InChI is InChI=1S/C28H32N4O2/c33-26(20-8-4-5-9-20)29-22-12-14-28(15-13-22)17-32(18-28)27(34)25-23-11-10-21(16-24(23)30-31-25)19-6-2-1-3-7-19/h1-3,6-7,10-11,16,20,22H,4-5,8-9,12-15,17-18H2,(H,29,33)(H,30,31). The van der Waals surface area contributed by atoms with Crippen LogP contribution in [0.4, 0.5) is 0 Å². The predicted molar refractivity (Wildman–Crippen MR) is 132 cm³/mol. The zero-order valence-corrected chi connectivity index (χ0v) is 19.6. The Morgan fingerprint density at radius 1 is 0.941 bits per heavy atom. The molecule has 6 rings (SSSR count). The molecule has 1 spiro atoms. The first-order chi connectivity index (χ1) is 16.6. The van der Waals surface area contributed by atoms with E-state index >= 15 is 0 Å². The highest BCUT2D eigenvalue weighted by atomic mass is 16.2. The number of H-pyrrole nitrogens is 1. The van der Waals surface area contributed by atoms with Gasteiger partial charge in [0.2, 0.25) is 5.91 Å². The molecule has 6 nitrogen and oxygen atoms in total. The van der Waals surface area contributed by atoms with Crippen LogP contribution in [0.15, 0.2) is 48.5 Å². The van der Waals surface area contributed by atoms with Crippen molar-refractivity contribution in [3.63, 3.8) is 0 Å². The number of aromatic amines is 1. The monoisotopic (exact) mass is 456 g/mol. The van der Waals surface area contributed by atoms with Crippen molar-refractivity contribution in [3.8, 4) is 11.1 Å². The molecule has 2 saturated carbocycles. The third-order valence-corrected chi connectivity index (χ3v) is 8.33. The van der Waals surface area contributed by atoms with Crippen LogP contribution in [0.3, 0.4) is 0 Å². The Morgan fingerprint density at radius 3 is 2.41 bits per heavy atom. The van der Waals surface area contributed by atoms with Gasteiger partial charge in [0.15, 0.2) is 5.69 Å². The molecule has 0 atom stereocenters. The van der Waals surface area contributed by atoms with Gasteiger partial charge in [0, 0.05) is 35.9 Å². The van der Waals surface area contributed by atoms with Crippen LogP contribution in [0.5, 0.6) is 0 Å². The minimum absolute atomic E-state index is 0.0148. The van der Waals surface area contributed by atoms with Gasteiger partial charge < -0.3 is 10.2 Å². The molecule has 1 aliphatic heterocycles. The highest BCUT2D eigenvalue weighted by molar-refractivity contribution is 6.05. The Balaban J connectivity index is 1.06. The molecule has 1 saturated heterocycles. The lowest BCUT2D eigenvalue weighted by Crippen LogP contribution is -2.60. The molecule has 2 heterocycles. The van der Waals surface area contributed by atoms with Gasteiger partial charge in [-0.15, -0.1) is 0 Å². The molecule has 176 valence electrons. The average molecular weight is 457 g/mol. The van der Waals surface area contributed by atoms with E-state index in [4.69, 9.17) is 0 Å². The molecule has 34 heavy (non-hydrogen) atoms. The number of carbonyl (C=O) groups excluding carboxylic acids is 2. The molecule has 3 fully saturated rings. The quantitative estimate of drug-likeness (QED) is 0.585. The van der Waals surface area contributed by atoms with Crippen molar-refractivity contribution in [1.82, 2.24) is 20.4 Å². The summed E-state index contributed by atoms with van der Waals surface area (Å²) in [7, 11) is 0. The summed E-state index contributed by atoms with van der Waals surface area (Å²) in [5, 5.41) is 11.6. The van der Waals surface area contributed by atoms with Gasteiger partial charge in [-0.2, -0.15) is 5.10 Å². The smallest absolute Gasteiger partial charge is 0.275 e. The second-order valence-corrected chi connectivity index (χ2v) is 10.6. The van der Waals surface area contributed by atoms with Crippen LogP contribution in [0.1, 0.15) is 61.9 Å². The van der Waals surface area contributed by atoms with Gasteiger partial charge in [-0.1, -0.05) is 49.2 Å². The lowest BCUT2D eigenvalue weighted by atomic mass is 9.67. The molecule has 6 heteroatoms. The van der Waals surface area contributed by atoms with Crippen LogP contribution >= 0.6 is 0 Å². The largest absolute Gasteiger partial charge is 0.353 e. The number of likely N-dealkylation sites (tertiary alicyclic amines) is 1. The lowest BCUT2D eigenvalue weighted by molar-refractivity contribution is -0.126. The van der Waals surface area contributed by atoms with Crippen molar-refractivity contribution >= 4 is 22.7 Å². The van der Waals surface area contributed by atoms with Gasteiger partial charge in [-0.05, 0) is 61.8 Å². The zero-order valence-electron chi connectivity index (χ0n) is 19.6. The van der Waals surface area contributed by atoms with Crippen LogP contribution in [0.2, 0.25) is 0 Å². The number of rotatable bonds is 4. The van der Waals surface area contributed by atoms with E-state index in [1.807, 2.05) is 29.2 Å². The molecule has 3 aliphatic rings. The zero-order chi connectivity index (χ0) is 23.1. The number of nitrogens with one attached hydrogen (secondary N) is 2. The van der Waals surface area contributed by atoms with E-state index in [1.54, 1.807) is 0 Å². The Kier molecular flexibility index (Phi) is 5.39. The Morgan fingerprint density at radius 2 is 1.68 bits per heavy atom. The number of carbonyl (C=O) groups is 2. The number of aromatic nitrogens is 2. The molecular weight excluding hydrogens is 424 g/mol. The first kappa shape index (κ1) is 21.4. The van der Waals surface area contributed by atoms with Crippen LogP contribution in [-0.2, 0) is 4.79 Å². The molecule has 0 bridgehead atoms. The SMILES string of the molecule is O=C(NC1CCC2(CC1)CN(C(=O)c1n[nH]c3cc(-c4ccccc4)ccc13)C2)C1CCCC1. The van der Waals surface area contributed by atoms with E-state index in [-0.39, 0.29) is 23.1 Å². The number of hydrogen-bond donors (Lipinski definition) is 2. The van der Waals surface area contributed by atoms with E-state index < -0.39 is 0 Å². The predicted octanol–water partition coefficient (Wildman–Crippen LogP) is 4.92. The Bertz CT molecular complexity index is 1200. The van der Waals surface area contributed by atoms with Crippen molar-refractivity contribution < 1.29 is 9.59 Å². The summed E-state index contributed by atoms with van der Waals surface area (Å²) in [6.07, 6.45) is 8.68. The van der Waals surface area contributed by atoms with Crippen molar-refractivity contribution in [3.05, 3.63) is 54.2 Å². The van der Waals surface area contributed by atoms with E-state index in [9.17, 15) is 9.59 Å². The second-order valence-electron chi connectivity index (χ2n) is 10.6. The molecule has 2 N–H and O–H groups in total. The second kappa shape index (κ2) is 8.57. The van der Waals surface area contributed by atoms with Gasteiger partial charge in [0.25, 0.3) is 5.91 Å². The number of hydrogen-bond acceptors (Lipinski definition) is 3. The molecule has 1 aromatic heterocycles. The number of benzene rings is 2. The summed E-state index contributed by atoms with van der Waals surface area (Å²) in [5.74, 6) is 0.519. The van der Waals surface area contributed by atoms with E-state index in [2.05, 4.69) is 39.8 Å². The number of amides is 2. The summed E-state index contributed by atoms with van der Waals surface area (Å²) in [6, 6.07) is 16.6. The lowest BCUT2D eigenvalue weighted by Gasteiger charge is -2.53. The van der Waals surface area contributed by atoms with E-state index in [1.165, 1.54) is 12.8 Å². The van der Waals surface area contributed by atoms with Crippen LogP contribution in [-0.4, -0.2) is 46.0 Å². The van der Waals surface area contributed by atoms with E-state index in [0.29, 0.717) is 11.7 Å². The van der Waals surface area contributed by atoms with Gasteiger partial charge >= 0.3 is 0 Å². The molecule has 2 amide bonds. The van der Waals surface area contributed by atoms with Crippen LogP contribution in [0.25, 0.3) is 22.0 Å². The third kappa shape index (κ3) is 3.89. The van der Waals surface area contributed by atoms with Gasteiger partial charge in [-0.3, -0.25) is 14.7 Å². The van der Waals surface area contributed by atoms with Gasteiger partial charge in [0.1, 0.15) is 0 Å². The topological polar surface area (TPSA) is 78.1 Å². The highest BCUT2D eigenvalue weighted by Crippen LogP contribution is 2.44. The Hall–Kier alpha value is -3.15. The fourth-order valence-corrected chi connectivity index (χ4v) is 6.25. The van der Waals surface area contributed by atoms with Crippen molar-refractivity contribution in [2.75, 3.05) is 13.1 Å². The fourth-order valence-electron chi connectivity index (χ4n) is 6.25. The highest BCUT2D eigenvalue weighted by Gasteiger charge is 2.47. The minimum Gasteiger partial charge on any atom is -0.353 e.